The number of hydrogen-bond acceptors (Lipinski definition) is 2. The van der Waals surface area contributed by atoms with Crippen LogP contribution in [0.4, 0.5) is 0 Å². The minimum atomic E-state index is -0.833. The molecular weight excluding hydrogens is 196 g/mol. The number of carboxylic acid groups (broad SMARTS) is 2. The smallest absolute Gasteiger partial charge is 0.300 e. The molecule has 0 aromatic heterocycles. The summed E-state index contributed by atoms with van der Waals surface area (Å²) >= 11 is 0. The fourth-order valence-electron chi connectivity index (χ4n) is 0.854. The van der Waals surface area contributed by atoms with Gasteiger partial charge in [0.25, 0.3) is 12.4 Å². The normalized spacial score (nSPS) is 7.67. The monoisotopic (exact) mass is 220 g/mol. The van der Waals surface area contributed by atoms with Gasteiger partial charge < -0.3 is 10.2 Å². The molecule has 92 valence electrons. The topological polar surface area (TPSA) is 74.6 Å². The fourth-order valence-corrected chi connectivity index (χ4v) is 0.854. The van der Waals surface area contributed by atoms with E-state index in [0.717, 1.165) is 6.92 Å². The van der Waals surface area contributed by atoms with E-state index >= 15 is 0 Å². The maximum Gasteiger partial charge on any atom is 0.300 e. The average molecular weight is 220 g/mol. The van der Waals surface area contributed by atoms with Gasteiger partial charge in [0.15, 0.2) is 0 Å². The summed E-state index contributed by atoms with van der Waals surface area (Å²) in [6.45, 7) is 5.35. The van der Waals surface area contributed by atoms with Gasteiger partial charge in [-0.2, -0.15) is 0 Å². The van der Waals surface area contributed by atoms with E-state index in [1.807, 2.05) is 0 Å². The van der Waals surface area contributed by atoms with Crippen LogP contribution in [-0.2, 0) is 9.59 Å². The Morgan fingerprint density at radius 1 is 1.07 bits per heavy atom. The Morgan fingerprint density at radius 2 is 1.27 bits per heavy atom. The van der Waals surface area contributed by atoms with E-state index < -0.39 is 5.97 Å². The third kappa shape index (κ3) is 99.8. The van der Waals surface area contributed by atoms with Crippen molar-refractivity contribution in [2.24, 2.45) is 0 Å². The van der Waals surface area contributed by atoms with Crippen molar-refractivity contribution in [1.29, 1.82) is 0 Å². The predicted molar refractivity (Wildman–Crippen MR) is 61.1 cm³/mol. The van der Waals surface area contributed by atoms with Crippen molar-refractivity contribution in [3.63, 3.8) is 0 Å². The Labute approximate surface area is 92.3 Å². The van der Waals surface area contributed by atoms with Crippen molar-refractivity contribution >= 4 is 12.4 Å². The molecule has 0 fully saturated rings. The molecule has 4 nitrogen and oxygen atoms in total. The summed E-state index contributed by atoms with van der Waals surface area (Å²) in [5.74, 6) is -0.833. The van der Waals surface area contributed by atoms with Gasteiger partial charge in [0.2, 0.25) is 0 Å². The highest BCUT2D eigenvalue weighted by Gasteiger charge is 1.83. The van der Waals surface area contributed by atoms with Crippen LogP contribution in [0.3, 0.4) is 0 Å². The van der Waals surface area contributed by atoms with Crippen LogP contribution >= 0.6 is 0 Å². The molecule has 0 aromatic rings. The van der Waals surface area contributed by atoms with Gasteiger partial charge in [0, 0.05) is 6.92 Å². The SMILES string of the molecule is CC(=O)O.CCCCCCCC.O=CO. The molecule has 0 amide bonds. The van der Waals surface area contributed by atoms with Crippen LogP contribution in [0.2, 0.25) is 0 Å². The summed E-state index contributed by atoms with van der Waals surface area (Å²) in [6.07, 6.45) is 8.49. The lowest BCUT2D eigenvalue weighted by molar-refractivity contribution is -0.134. The number of carbonyl (C=O) groups is 2. The maximum atomic E-state index is 9.00. The molecule has 0 aliphatic rings. The van der Waals surface area contributed by atoms with Crippen LogP contribution in [0.5, 0.6) is 0 Å². The Balaban J connectivity index is -0.000000173. The van der Waals surface area contributed by atoms with Crippen molar-refractivity contribution in [1.82, 2.24) is 0 Å². The summed E-state index contributed by atoms with van der Waals surface area (Å²) in [4.78, 5) is 17.4. The fraction of sp³-hybridized carbons (Fsp3) is 0.818. The minimum Gasteiger partial charge on any atom is -0.483 e. The zero-order chi connectivity index (χ0) is 12.5. The first-order valence-electron chi connectivity index (χ1n) is 5.34. The van der Waals surface area contributed by atoms with Gasteiger partial charge in [-0.25, -0.2) is 0 Å². The number of unbranched alkanes of at least 4 members (excludes halogenated alkanes) is 5. The third-order valence-electron chi connectivity index (χ3n) is 1.46. The highest BCUT2D eigenvalue weighted by Crippen LogP contribution is 2.03. The second kappa shape index (κ2) is 23.1. The molecule has 0 aromatic carbocycles. The number of aliphatic carboxylic acids is 1. The molecule has 0 atom stereocenters. The highest BCUT2D eigenvalue weighted by molar-refractivity contribution is 5.62. The van der Waals surface area contributed by atoms with E-state index in [0.29, 0.717) is 0 Å². The van der Waals surface area contributed by atoms with E-state index in [1.165, 1.54) is 38.5 Å². The first-order valence-corrected chi connectivity index (χ1v) is 5.34. The molecule has 0 radical (unpaired) electrons. The Kier molecular flexibility index (Phi) is 30.0. The lowest BCUT2D eigenvalue weighted by atomic mass is 10.1. The summed E-state index contributed by atoms with van der Waals surface area (Å²) in [6, 6.07) is 0. The van der Waals surface area contributed by atoms with Gasteiger partial charge >= 0.3 is 0 Å². The minimum absolute atomic E-state index is 0.250. The molecule has 0 aliphatic heterocycles. The maximum absolute atomic E-state index is 9.00. The zero-order valence-electron chi connectivity index (χ0n) is 10.0. The second-order valence-corrected chi connectivity index (χ2v) is 3.04. The molecule has 0 aliphatic carbocycles. The largest absolute Gasteiger partial charge is 0.483 e. The molecule has 2 N–H and O–H groups in total. The van der Waals surface area contributed by atoms with Crippen molar-refractivity contribution in [3.05, 3.63) is 0 Å². The van der Waals surface area contributed by atoms with Crippen LogP contribution in [-0.4, -0.2) is 22.7 Å². The number of hydrogen-bond donors (Lipinski definition) is 2. The van der Waals surface area contributed by atoms with Gasteiger partial charge in [-0.05, 0) is 0 Å². The van der Waals surface area contributed by atoms with Gasteiger partial charge in [0.05, 0.1) is 0 Å². The summed E-state index contributed by atoms with van der Waals surface area (Å²) < 4.78 is 0. The lowest BCUT2D eigenvalue weighted by Crippen LogP contribution is -1.78. The first-order chi connectivity index (χ1) is 7.06. The summed E-state index contributed by atoms with van der Waals surface area (Å²) in [5.41, 5.74) is 0. The average Bonchev–Trinajstić information content (AvgIpc) is 2.13. The van der Waals surface area contributed by atoms with Gasteiger partial charge in [-0.1, -0.05) is 52.4 Å². The van der Waals surface area contributed by atoms with Gasteiger partial charge in [-0.3, -0.25) is 9.59 Å². The Morgan fingerprint density at radius 3 is 1.40 bits per heavy atom. The molecule has 4 heteroatoms. The number of rotatable bonds is 5. The summed E-state index contributed by atoms with van der Waals surface area (Å²) in [5, 5.41) is 14.3. The van der Waals surface area contributed by atoms with Crippen molar-refractivity contribution in [2.75, 3.05) is 0 Å². The van der Waals surface area contributed by atoms with Crippen LogP contribution < -0.4 is 0 Å². The lowest BCUT2D eigenvalue weighted by Gasteiger charge is -1.93. The third-order valence-corrected chi connectivity index (χ3v) is 1.46. The van der Waals surface area contributed by atoms with Crippen LogP contribution in [0.1, 0.15) is 59.3 Å². The Hall–Kier alpha value is -1.06. The van der Waals surface area contributed by atoms with Crippen molar-refractivity contribution in [3.8, 4) is 0 Å². The first kappa shape index (κ1) is 19.5. The standard InChI is InChI=1S/C8H18.C2H4O2.CH2O2/c1-3-5-7-8-6-4-2;1-2(3)4;2-1-3/h3-8H2,1-2H3;1H3,(H,3,4);1H,(H,2,3). The van der Waals surface area contributed by atoms with Crippen LogP contribution in [0, 0.1) is 0 Å². The van der Waals surface area contributed by atoms with Gasteiger partial charge in [-0.15, -0.1) is 0 Å². The highest BCUT2D eigenvalue weighted by atomic mass is 16.4. The molecular formula is C11H24O4. The molecule has 0 unspecified atom stereocenters. The quantitative estimate of drug-likeness (QED) is 0.551. The molecule has 0 rings (SSSR count). The molecule has 0 saturated carbocycles. The van der Waals surface area contributed by atoms with E-state index in [-0.39, 0.29) is 6.47 Å². The van der Waals surface area contributed by atoms with E-state index in [9.17, 15) is 0 Å². The molecule has 0 bridgehead atoms. The van der Waals surface area contributed by atoms with E-state index in [4.69, 9.17) is 19.8 Å². The van der Waals surface area contributed by atoms with Crippen molar-refractivity contribution in [2.45, 2.75) is 59.3 Å². The number of carboxylic acids is 1. The Bertz CT molecular complexity index is 114. The predicted octanol–water partition coefficient (Wildman–Crippen LogP) is 3.16. The molecule has 0 heterocycles. The molecule has 0 spiro atoms. The van der Waals surface area contributed by atoms with E-state index in [1.54, 1.807) is 0 Å². The zero-order valence-corrected chi connectivity index (χ0v) is 10.0. The van der Waals surface area contributed by atoms with E-state index in [2.05, 4.69) is 13.8 Å². The molecule has 15 heavy (non-hydrogen) atoms. The van der Waals surface area contributed by atoms with Crippen LogP contribution in [0.15, 0.2) is 0 Å². The van der Waals surface area contributed by atoms with Crippen molar-refractivity contribution < 1.29 is 19.8 Å². The van der Waals surface area contributed by atoms with Crippen LogP contribution in [0.25, 0.3) is 0 Å². The molecule has 0 saturated heterocycles. The second-order valence-electron chi connectivity index (χ2n) is 3.04. The summed E-state index contributed by atoms with van der Waals surface area (Å²) in [7, 11) is 0. The van der Waals surface area contributed by atoms with Gasteiger partial charge in [0.1, 0.15) is 0 Å².